The summed E-state index contributed by atoms with van der Waals surface area (Å²) >= 11 is 1.83. The van der Waals surface area contributed by atoms with Gasteiger partial charge < -0.3 is 15.7 Å². The van der Waals surface area contributed by atoms with E-state index in [9.17, 15) is 4.79 Å². The second kappa shape index (κ2) is 8.28. The Bertz CT molecular complexity index is 659. The van der Waals surface area contributed by atoms with Crippen molar-refractivity contribution in [3.8, 4) is 0 Å². The van der Waals surface area contributed by atoms with Gasteiger partial charge in [0, 0.05) is 31.1 Å². The number of thiophene rings is 1. The number of benzene rings is 1. The smallest absolute Gasteiger partial charge is 0.314 e. The van der Waals surface area contributed by atoms with Crippen LogP contribution in [-0.4, -0.2) is 42.3 Å². The summed E-state index contributed by atoms with van der Waals surface area (Å²) in [4.78, 5) is 15.7. The van der Waals surface area contributed by atoms with Crippen molar-refractivity contribution in [1.29, 1.82) is 0 Å². The van der Waals surface area contributed by atoms with Crippen LogP contribution in [0.2, 0.25) is 0 Å². The molecule has 1 aliphatic heterocycles. The third kappa shape index (κ3) is 4.14. The third-order valence-electron chi connectivity index (χ3n) is 4.32. The summed E-state index contributed by atoms with van der Waals surface area (Å²) in [6, 6.07) is 12.4. The van der Waals surface area contributed by atoms with E-state index in [1.54, 1.807) is 0 Å². The quantitative estimate of drug-likeness (QED) is 0.752. The van der Waals surface area contributed by atoms with Crippen LogP contribution in [0.5, 0.6) is 0 Å². The molecule has 1 aromatic carbocycles. The molecule has 2 aromatic rings. The molecule has 0 radical (unpaired) electrons. The number of hydrogen-bond donors (Lipinski definition) is 3. The molecule has 0 bridgehead atoms. The molecule has 0 saturated heterocycles. The van der Waals surface area contributed by atoms with E-state index in [2.05, 4.69) is 39.1 Å². The van der Waals surface area contributed by atoms with Crippen LogP contribution < -0.4 is 10.6 Å². The van der Waals surface area contributed by atoms with Crippen molar-refractivity contribution >= 4 is 17.4 Å². The molecule has 0 spiro atoms. The van der Waals surface area contributed by atoms with Crippen molar-refractivity contribution in [3.05, 3.63) is 57.8 Å². The molecule has 2 amide bonds. The summed E-state index contributed by atoms with van der Waals surface area (Å²) in [5.74, 6) is 0. The highest BCUT2D eigenvalue weighted by atomic mass is 32.1. The molecule has 128 valence electrons. The van der Waals surface area contributed by atoms with Crippen molar-refractivity contribution in [2.75, 3.05) is 26.2 Å². The zero-order chi connectivity index (χ0) is 16.8. The Labute approximate surface area is 146 Å². The van der Waals surface area contributed by atoms with Crippen molar-refractivity contribution < 1.29 is 9.90 Å². The van der Waals surface area contributed by atoms with E-state index in [1.165, 1.54) is 16.0 Å². The highest BCUT2D eigenvalue weighted by molar-refractivity contribution is 7.10. The van der Waals surface area contributed by atoms with Crippen LogP contribution in [0.4, 0.5) is 4.79 Å². The lowest BCUT2D eigenvalue weighted by molar-refractivity contribution is 0.175. The van der Waals surface area contributed by atoms with Gasteiger partial charge in [-0.05, 0) is 29.0 Å². The first-order valence-electron chi connectivity index (χ1n) is 8.24. The predicted octanol–water partition coefficient (Wildman–Crippen LogP) is 2.14. The van der Waals surface area contributed by atoms with E-state index >= 15 is 0 Å². The Balaban J connectivity index is 1.70. The fourth-order valence-corrected chi connectivity index (χ4v) is 3.98. The lowest BCUT2D eigenvalue weighted by Crippen LogP contribution is -2.44. The number of nitrogens with zero attached hydrogens (tertiary/aromatic N) is 1. The molecule has 2 heterocycles. The molecule has 1 aromatic heterocycles. The second-order valence-corrected chi connectivity index (χ2v) is 6.88. The highest BCUT2D eigenvalue weighted by Crippen LogP contribution is 2.30. The number of carbonyl (C=O) groups excluding carboxylic acids is 1. The Morgan fingerprint density at radius 2 is 2.08 bits per heavy atom. The molecule has 3 rings (SSSR count). The maximum atomic E-state index is 11.8. The average Bonchev–Trinajstić information content (AvgIpc) is 3.09. The van der Waals surface area contributed by atoms with E-state index < -0.39 is 0 Å². The van der Waals surface area contributed by atoms with Gasteiger partial charge in [0.1, 0.15) is 0 Å². The van der Waals surface area contributed by atoms with E-state index in [0.29, 0.717) is 6.54 Å². The van der Waals surface area contributed by atoms with E-state index in [1.807, 2.05) is 29.5 Å². The maximum absolute atomic E-state index is 11.8. The van der Waals surface area contributed by atoms with Gasteiger partial charge in [-0.3, -0.25) is 4.90 Å². The van der Waals surface area contributed by atoms with Gasteiger partial charge in [0.05, 0.1) is 12.6 Å². The first-order chi connectivity index (χ1) is 11.8. The van der Waals surface area contributed by atoms with Gasteiger partial charge in [0.25, 0.3) is 0 Å². The molecule has 0 fully saturated rings. The van der Waals surface area contributed by atoms with Gasteiger partial charge in [0.15, 0.2) is 0 Å². The third-order valence-corrected chi connectivity index (χ3v) is 5.34. The summed E-state index contributed by atoms with van der Waals surface area (Å²) in [6.45, 7) is 2.67. The van der Waals surface area contributed by atoms with Gasteiger partial charge in [-0.1, -0.05) is 30.3 Å². The number of aliphatic hydroxyl groups excluding tert-OH is 1. The topological polar surface area (TPSA) is 64.6 Å². The van der Waals surface area contributed by atoms with Gasteiger partial charge >= 0.3 is 6.03 Å². The minimum absolute atomic E-state index is 0.0530. The molecule has 1 aliphatic rings. The Kier molecular flexibility index (Phi) is 5.85. The standard InChI is InChI=1S/C18H23N3O2S/c22-10-8-19-18(23)20-12-16(14-4-2-1-3-5-14)21-9-6-17-15(13-21)7-11-24-17/h1-5,7,11,16,22H,6,8-10,12-13H2,(H2,19,20,23)/t16-/m0/s1. The summed E-state index contributed by atoms with van der Waals surface area (Å²) < 4.78 is 0. The van der Waals surface area contributed by atoms with Crippen LogP contribution in [0.1, 0.15) is 22.0 Å². The fourth-order valence-electron chi connectivity index (χ4n) is 3.09. The normalized spacial score (nSPS) is 15.5. The number of amides is 2. The number of urea groups is 1. The van der Waals surface area contributed by atoms with Gasteiger partial charge in [-0.25, -0.2) is 4.79 Å². The van der Waals surface area contributed by atoms with Gasteiger partial charge in [0.2, 0.25) is 0 Å². The van der Waals surface area contributed by atoms with Crippen molar-refractivity contribution in [2.24, 2.45) is 0 Å². The molecule has 24 heavy (non-hydrogen) atoms. The van der Waals surface area contributed by atoms with Crippen LogP contribution in [0.25, 0.3) is 0 Å². The maximum Gasteiger partial charge on any atom is 0.314 e. The minimum Gasteiger partial charge on any atom is -0.395 e. The SMILES string of the molecule is O=C(NCCO)NC[C@@H](c1ccccc1)N1CCc2sccc2C1. The number of carbonyl (C=O) groups is 1. The predicted molar refractivity (Wildman–Crippen MR) is 96.1 cm³/mol. The molecule has 0 aliphatic carbocycles. The molecule has 0 saturated carbocycles. The lowest BCUT2D eigenvalue weighted by Gasteiger charge is -2.35. The van der Waals surface area contributed by atoms with Crippen LogP contribution in [-0.2, 0) is 13.0 Å². The fraction of sp³-hybridized carbons (Fsp3) is 0.389. The first kappa shape index (κ1) is 17.0. The van der Waals surface area contributed by atoms with E-state index in [4.69, 9.17) is 5.11 Å². The van der Waals surface area contributed by atoms with Crippen molar-refractivity contribution in [2.45, 2.75) is 19.0 Å². The number of fused-ring (bicyclic) bond motifs is 1. The summed E-state index contributed by atoms with van der Waals surface area (Å²) in [5, 5.41) is 16.5. The Hall–Kier alpha value is -1.89. The number of nitrogens with one attached hydrogen (secondary N) is 2. The Morgan fingerprint density at radius 3 is 2.88 bits per heavy atom. The second-order valence-electron chi connectivity index (χ2n) is 5.88. The number of hydrogen-bond acceptors (Lipinski definition) is 4. The summed E-state index contributed by atoms with van der Waals surface area (Å²) in [5.41, 5.74) is 2.61. The van der Waals surface area contributed by atoms with Crippen LogP contribution in [0.15, 0.2) is 41.8 Å². The largest absolute Gasteiger partial charge is 0.395 e. The van der Waals surface area contributed by atoms with Crippen molar-refractivity contribution in [3.63, 3.8) is 0 Å². The number of aliphatic hydroxyl groups is 1. The van der Waals surface area contributed by atoms with Crippen LogP contribution >= 0.6 is 11.3 Å². The molecule has 3 N–H and O–H groups in total. The molecule has 6 heteroatoms. The van der Waals surface area contributed by atoms with Gasteiger partial charge in [-0.2, -0.15) is 0 Å². The molecule has 1 atom stereocenters. The minimum atomic E-state index is -0.238. The van der Waals surface area contributed by atoms with E-state index in [-0.39, 0.29) is 25.2 Å². The first-order valence-corrected chi connectivity index (χ1v) is 9.12. The summed E-state index contributed by atoms with van der Waals surface area (Å²) in [6.07, 6.45) is 1.06. The molecule has 0 unspecified atom stereocenters. The number of rotatable bonds is 6. The average molecular weight is 345 g/mol. The lowest BCUT2D eigenvalue weighted by atomic mass is 10.0. The zero-order valence-electron chi connectivity index (χ0n) is 13.6. The monoisotopic (exact) mass is 345 g/mol. The Morgan fingerprint density at radius 1 is 1.25 bits per heavy atom. The van der Waals surface area contributed by atoms with Crippen molar-refractivity contribution in [1.82, 2.24) is 15.5 Å². The molecular formula is C18H23N3O2S. The molecular weight excluding hydrogens is 322 g/mol. The highest BCUT2D eigenvalue weighted by Gasteiger charge is 2.25. The van der Waals surface area contributed by atoms with Crippen LogP contribution in [0, 0.1) is 0 Å². The zero-order valence-corrected chi connectivity index (χ0v) is 14.4. The molecule has 5 nitrogen and oxygen atoms in total. The van der Waals surface area contributed by atoms with Crippen LogP contribution in [0.3, 0.4) is 0 Å². The summed E-state index contributed by atoms with van der Waals surface area (Å²) in [7, 11) is 0. The van der Waals surface area contributed by atoms with E-state index in [0.717, 1.165) is 19.5 Å². The van der Waals surface area contributed by atoms with Gasteiger partial charge in [-0.15, -0.1) is 11.3 Å².